The van der Waals surface area contributed by atoms with E-state index in [1.807, 2.05) is 0 Å². The number of terminal acetylenes is 1. The molecular weight excluding hydrogens is 388 g/mol. The Morgan fingerprint density at radius 1 is 1.13 bits per heavy atom. The summed E-state index contributed by atoms with van der Waals surface area (Å²) < 4.78 is 30.1. The number of rotatable bonds is 2. The van der Waals surface area contributed by atoms with Crippen LogP contribution in [0.15, 0.2) is 60.9 Å². The van der Waals surface area contributed by atoms with E-state index in [9.17, 15) is 14.3 Å². The molecule has 1 aliphatic heterocycles. The highest BCUT2D eigenvalue weighted by atomic mass is 19.1. The first-order chi connectivity index (χ1) is 14.5. The van der Waals surface area contributed by atoms with Crippen molar-refractivity contribution in [2.24, 2.45) is 0 Å². The number of halogens is 2. The summed E-state index contributed by atoms with van der Waals surface area (Å²) in [5, 5.41) is 11.9. The second kappa shape index (κ2) is 6.24. The molecule has 0 saturated heterocycles. The molecule has 1 amide bonds. The maximum absolute atomic E-state index is 15.1. The number of benzene rings is 3. The number of hydrogen-bond donors (Lipinski definition) is 2. The van der Waals surface area contributed by atoms with Crippen molar-refractivity contribution in [3.05, 3.63) is 94.8 Å². The maximum atomic E-state index is 15.1. The fourth-order valence-electron chi connectivity index (χ4n) is 3.95. The third kappa shape index (κ3) is 2.25. The van der Waals surface area contributed by atoms with E-state index in [4.69, 9.17) is 6.42 Å². The van der Waals surface area contributed by atoms with E-state index in [1.54, 1.807) is 12.1 Å². The van der Waals surface area contributed by atoms with Crippen LogP contribution in [0.25, 0.3) is 11.0 Å². The summed E-state index contributed by atoms with van der Waals surface area (Å²) in [6, 6.07) is 12.8. The van der Waals surface area contributed by atoms with Gasteiger partial charge in [0.15, 0.2) is 5.82 Å². The van der Waals surface area contributed by atoms with Crippen LogP contribution in [0.2, 0.25) is 0 Å². The van der Waals surface area contributed by atoms with Crippen molar-refractivity contribution in [3.63, 3.8) is 0 Å². The minimum atomic E-state index is -2.30. The highest BCUT2D eigenvalue weighted by Crippen LogP contribution is 2.47. The highest BCUT2D eigenvalue weighted by Gasteiger charge is 2.53. The normalized spacial score (nSPS) is 17.9. The molecule has 3 aromatic carbocycles. The summed E-state index contributed by atoms with van der Waals surface area (Å²) in [5.74, 6) is -0.180. The highest BCUT2D eigenvalue weighted by molar-refractivity contribution is 6.12. The summed E-state index contributed by atoms with van der Waals surface area (Å²) in [6.45, 7) is 0. The molecule has 1 unspecified atom stereocenters. The van der Waals surface area contributed by atoms with Gasteiger partial charge in [0.25, 0.3) is 5.91 Å². The number of anilines is 1. The van der Waals surface area contributed by atoms with Crippen molar-refractivity contribution in [2.75, 3.05) is 4.90 Å². The number of hydrogen-bond acceptors (Lipinski definition) is 3. The summed E-state index contributed by atoms with van der Waals surface area (Å²) in [6.07, 6.45) is 6.84. The number of nitrogens with zero attached hydrogens (tertiary/aromatic N) is 2. The van der Waals surface area contributed by atoms with Crippen LogP contribution in [0, 0.1) is 24.0 Å². The smallest absolute Gasteiger partial charge is 0.261 e. The van der Waals surface area contributed by atoms with E-state index in [0.29, 0.717) is 11.0 Å². The number of fused-ring (bicyclic) bond motifs is 2. The number of imidazole rings is 1. The van der Waals surface area contributed by atoms with Crippen LogP contribution in [0.4, 0.5) is 14.5 Å². The Bertz CT molecular complexity index is 1390. The molecule has 2 heterocycles. The van der Waals surface area contributed by atoms with Crippen molar-refractivity contribution >= 4 is 22.6 Å². The molecule has 5 rings (SSSR count). The molecule has 1 aromatic heterocycles. The zero-order chi connectivity index (χ0) is 21.0. The largest absolute Gasteiger partial charge is 0.363 e. The monoisotopic (exact) mass is 401 g/mol. The molecule has 0 saturated carbocycles. The fourth-order valence-corrected chi connectivity index (χ4v) is 3.95. The number of carbonyl (C=O) groups is 1. The van der Waals surface area contributed by atoms with E-state index < -0.39 is 23.3 Å². The number of aromatic amines is 1. The van der Waals surface area contributed by atoms with E-state index in [0.717, 1.165) is 11.0 Å². The third-order valence-electron chi connectivity index (χ3n) is 5.32. The quantitative estimate of drug-likeness (QED) is 0.504. The molecule has 5 nitrogen and oxygen atoms in total. The molecule has 0 radical (unpaired) electrons. The molecular formula is C23H13F2N3O2. The number of amides is 1. The van der Waals surface area contributed by atoms with Crippen LogP contribution in [0.5, 0.6) is 0 Å². The Kier molecular flexibility index (Phi) is 3.75. The first-order valence-electron chi connectivity index (χ1n) is 9.01. The summed E-state index contributed by atoms with van der Waals surface area (Å²) in [5.41, 5.74) is -1.59. The molecule has 1 atom stereocenters. The molecule has 0 aliphatic carbocycles. The Hall–Kier alpha value is -4.02. The van der Waals surface area contributed by atoms with E-state index >= 15 is 4.39 Å². The van der Waals surface area contributed by atoms with Crippen LogP contribution in [0.3, 0.4) is 0 Å². The Morgan fingerprint density at radius 3 is 2.73 bits per heavy atom. The molecule has 4 aromatic rings. The SMILES string of the molecule is C#Cc1cccc(N2C(=O)c3cccc(F)c3C2(O)c2ccc3nc[nH]c3c2)c1F. The molecule has 7 heteroatoms. The maximum Gasteiger partial charge on any atom is 0.261 e. The van der Waals surface area contributed by atoms with Crippen molar-refractivity contribution in [1.29, 1.82) is 0 Å². The average molecular weight is 401 g/mol. The second-order valence-electron chi connectivity index (χ2n) is 6.89. The lowest BCUT2D eigenvalue weighted by Gasteiger charge is -2.35. The lowest BCUT2D eigenvalue weighted by atomic mass is 9.92. The van der Waals surface area contributed by atoms with Crippen LogP contribution < -0.4 is 4.90 Å². The van der Waals surface area contributed by atoms with Gasteiger partial charge in [0.1, 0.15) is 5.82 Å². The molecule has 2 N–H and O–H groups in total. The summed E-state index contributed by atoms with van der Waals surface area (Å²) in [7, 11) is 0. The van der Waals surface area contributed by atoms with Gasteiger partial charge in [0, 0.05) is 5.56 Å². The standard InChI is InChI=1S/C23H13F2N3O2/c1-2-13-5-3-8-19(21(13)25)28-22(29)15-6-4-7-16(24)20(15)23(28,30)14-9-10-17-18(11-14)27-12-26-17/h1,3-12,30H,(H,26,27). The van der Waals surface area contributed by atoms with Crippen LogP contribution in [0.1, 0.15) is 27.0 Å². The lowest BCUT2D eigenvalue weighted by Crippen LogP contribution is -2.46. The minimum Gasteiger partial charge on any atom is -0.363 e. The zero-order valence-corrected chi connectivity index (χ0v) is 15.4. The Labute approximate surface area is 169 Å². The van der Waals surface area contributed by atoms with Gasteiger partial charge < -0.3 is 10.1 Å². The number of carbonyl (C=O) groups excluding carboxylic acids is 1. The Balaban J connectivity index is 1.85. The molecule has 0 fully saturated rings. The van der Waals surface area contributed by atoms with Crippen molar-refractivity contribution < 1.29 is 18.7 Å². The van der Waals surface area contributed by atoms with Gasteiger partial charge in [-0.05, 0) is 36.4 Å². The van der Waals surface area contributed by atoms with Gasteiger partial charge in [-0.1, -0.05) is 24.1 Å². The first-order valence-corrected chi connectivity index (χ1v) is 9.01. The molecule has 30 heavy (non-hydrogen) atoms. The predicted octanol–water partition coefficient (Wildman–Crippen LogP) is 3.68. The first kappa shape index (κ1) is 18.0. The minimum absolute atomic E-state index is 0.0623. The lowest BCUT2D eigenvalue weighted by molar-refractivity contribution is 0.0681. The zero-order valence-electron chi connectivity index (χ0n) is 15.4. The van der Waals surface area contributed by atoms with Gasteiger partial charge in [-0.25, -0.2) is 13.8 Å². The predicted molar refractivity (Wildman–Crippen MR) is 107 cm³/mol. The number of nitrogens with one attached hydrogen (secondary N) is 1. The number of aromatic nitrogens is 2. The molecule has 146 valence electrons. The number of aliphatic hydroxyl groups is 1. The van der Waals surface area contributed by atoms with Gasteiger partial charge in [-0.15, -0.1) is 6.42 Å². The molecule has 0 bridgehead atoms. The van der Waals surface area contributed by atoms with E-state index in [-0.39, 0.29) is 27.9 Å². The summed E-state index contributed by atoms with van der Waals surface area (Å²) >= 11 is 0. The Morgan fingerprint density at radius 2 is 1.93 bits per heavy atom. The second-order valence-corrected chi connectivity index (χ2v) is 6.89. The number of H-pyrrole nitrogens is 1. The van der Waals surface area contributed by atoms with Crippen LogP contribution in [-0.2, 0) is 5.72 Å². The van der Waals surface area contributed by atoms with E-state index in [1.165, 1.54) is 42.7 Å². The van der Waals surface area contributed by atoms with Gasteiger partial charge in [-0.3, -0.25) is 9.69 Å². The average Bonchev–Trinajstić information content (AvgIpc) is 3.30. The topological polar surface area (TPSA) is 69.2 Å². The van der Waals surface area contributed by atoms with Gasteiger partial charge in [0.2, 0.25) is 5.72 Å². The van der Waals surface area contributed by atoms with Gasteiger partial charge in [-0.2, -0.15) is 0 Å². The molecule has 0 spiro atoms. The van der Waals surface area contributed by atoms with Crippen LogP contribution in [-0.4, -0.2) is 21.0 Å². The fraction of sp³-hybridized carbons (Fsp3) is 0.0435. The summed E-state index contributed by atoms with van der Waals surface area (Å²) in [4.78, 5) is 21.1. The van der Waals surface area contributed by atoms with Crippen molar-refractivity contribution in [1.82, 2.24) is 9.97 Å². The van der Waals surface area contributed by atoms with Crippen molar-refractivity contribution in [2.45, 2.75) is 5.72 Å². The van der Waals surface area contributed by atoms with Crippen LogP contribution >= 0.6 is 0 Å². The van der Waals surface area contributed by atoms with E-state index in [2.05, 4.69) is 15.9 Å². The van der Waals surface area contributed by atoms with Gasteiger partial charge >= 0.3 is 0 Å². The van der Waals surface area contributed by atoms with Gasteiger partial charge in [0.05, 0.1) is 39.7 Å². The third-order valence-corrected chi connectivity index (χ3v) is 5.32. The van der Waals surface area contributed by atoms with Crippen molar-refractivity contribution in [3.8, 4) is 12.3 Å². The molecule has 1 aliphatic rings.